The number of aliphatic hydroxyl groups excluding tert-OH is 1. The first-order chi connectivity index (χ1) is 17.9. The SMILES string of the molecule is CCCOc1cccc([C@H]2/C(=C(\O)c3ccc4c(c3)C[C@H](C)O4)C(=O)C(=O)N2CCCN(CC)CC)c1. The summed E-state index contributed by atoms with van der Waals surface area (Å²) in [5.74, 6) is 0.0752. The maximum Gasteiger partial charge on any atom is 0.295 e. The first kappa shape index (κ1) is 26.7. The zero-order valence-corrected chi connectivity index (χ0v) is 22.3. The number of amides is 1. The number of ether oxygens (including phenoxy) is 2. The predicted molar refractivity (Wildman–Crippen MR) is 144 cm³/mol. The number of carbonyl (C=O) groups excluding carboxylic acids is 2. The molecular weight excluding hydrogens is 468 g/mol. The third kappa shape index (κ3) is 5.67. The number of rotatable bonds is 11. The zero-order chi connectivity index (χ0) is 26.5. The van der Waals surface area contributed by atoms with Crippen LogP contribution in [0.25, 0.3) is 5.76 Å². The van der Waals surface area contributed by atoms with Crippen LogP contribution in [0.4, 0.5) is 0 Å². The van der Waals surface area contributed by atoms with Crippen LogP contribution in [0.15, 0.2) is 48.0 Å². The molecule has 2 aromatic rings. The van der Waals surface area contributed by atoms with E-state index in [2.05, 4.69) is 18.7 Å². The number of nitrogens with zero attached hydrogens (tertiary/aromatic N) is 2. The smallest absolute Gasteiger partial charge is 0.295 e. The van der Waals surface area contributed by atoms with Crippen molar-refractivity contribution in [2.24, 2.45) is 0 Å². The molecule has 1 fully saturated rings. The molecule has 0 bridgehead atoms. The maximum atomic E-state index is 13.4. The van der Waals surface area contributed by atoms with Gasteiger partial charge in [0, 0.05) is 18.5 Å². The van der Waals surface area contributed by atoms with Gasteiger partial charge in [-0.3, -0.25) is 9.59 Å². The molecule has 2 aliphatic rings. The number of hydrogen-bond acceptors (Lipinski definition) is 6. The molecule has 7 nitrogen and oxygen atoms in total. The molecule has 0 spiro atoms. The second-order valence-electron chi connectivity index (χ2n) is 9.75. The van der Waals surface area contributed by atoms with E-state index < -0.39 is 17.7 Å². The molecule has 0 saturated carbocycles. The van der Waals surface area contributed by atoms with Crippen LogP contribution in [0.3, 0.4) is 0 Å². The molecule has 2 aromatic carbocycles. The Labute approximate surface area is 219 Å². The van der Waals surface area contributed by atoms with Crippen molar-refractivity contribution >= 4 is 17.4 Å². The quantitative estimate of drug-likeness (QED) is 0.264. The van der Waals surface area contributed by atoms with Gasteiger partial charge < -0.3 is 24.4 Å². The van der Waals surface area contributed by atoms with Gasteiger partial charge in [0.05, 0.1) is 18.2 Å². The Morgan fingerprint density at radius 3 is 2.65 bits per heavy atom. The molecule has 7 heteroatoms. The number of hydrogen-bond donors (Lipinski definition) is 1. The summed E-state index contributed by atoms with van der Waals surface area (Å²) in [4.78, 5) is 30.6. The van der Waals surface area contributed by atoms with Crippen molar-refractivity contribution in [1.29, 1.82) is 0 Å². The Balaban J connectivity index is 1.74. The Morgan fingerprint density at radius 2 is 1.92 bits per heavy atom. The van der Waals surface area contributed by atoms with Crippen molar-refractivity contribution in [3.05, 3.63) is 64.7 Å². The fourth-order valence-corrected chi connectivity index (χ4v) is 5.18. The van der Waals surface area contributed by atoms with Gasteiger partial charge >= 0.3 is 0 Å². The van der Waals surface area contributed by atoms with Crippen LogP contribution >= 0.6 is 0 Å². The van der Waals surface area contributed by atoms with Crippen LogP contribution in [0.2, 0.25) is 0 Å². The molecule has 1 amide bonds. The van der Waals surface area contributed by atoms with Gasteiger partial charge in [-0.2, -0.15) is 0 Å². The monoisotopic (exact) mass is 506 g/mol. The summed E-state index contributed by atoms with van der Waals surface area (Å²) >= 11 is 0. The molecule has 4 rings (SSSR count). The molecular formula is C30H38N2O5. The number of carbonyl (C=O) groups is 2. The summed E-state index contributed by atoms with van der Waals surface area (Å²) in [5, 5.41) is 11.5. The first-order valence-corrected chi connectivity index (χ1v) is 13.4. The lowest BCUT2D eigenvalue weighted by molar-refractivity contribution is -0.140. The van der Waals surface area contributed by atoms with E-state index in [4.69, 9.17) is 9.47 Å². The van der Waals surface area contributed by atoms with Crippen LogP contribution < -0.4 is 9.47 Å². The highest BCUT2D eigenvalue weighted by molar-refractivity contribution is 6.46. The average Bonchev–Trinajstić information content (AvgIpc) is 3.40. The Hall–Kier alpha value is -3.32. The minimum Gasteiger partial charge on any atom is -0.507 e. The summed E-state index contributed by atoms with van der Waals surface area (Å²) in [6.07, 6.45) is 2.39. The molecule has 0 aliphatic carbocycles. The Kier molecular flexibility index (Phi) is 8.54. The summed E-state index contributed by atoms with van der Waals surface area (Å²) in [6.45, 7) is 11.9. The summed E-state index contributed by atoms with van der Waals surface area (Å²) in [6, 6.07) is 12.2. The van der Waals surface area contributed by atoms with Crippen molar-refractivity contribution in [3.63, 3.8) is 0 Å². The lowest BCUT2D eigenvalue weighted by Gasteiger charge is -2.27. The lowest BCUT2D eigenvalue weighted by atomic mass is 9.94. The summed E-state index contributed by atoms with van der Waals surface area (Å²) in [5.41, 5.74) is 2.36. The molecule has 37 heavy (non-hydrogen) atoms. The van der Waals surface area contributed by atoms with Gasteiger partial charge in [0.15, 0.2) is 0 Å². The first-order valence-electron chi connectivity index (χ1n) is 13.4. The van der Waals surface area contributed by atoms with Gasteiger partial charge in [-0.15, -0.1) is 0 Å². The van der Waals surface area contributed by atoms with Crippen LogP contribution in [0.1, 0.15) is 63.3 Å². The number of benzene rings is 2. The van der Waals surface area contributed by atoms with Crippen molar-refractivity contribution in [3.8, 4) is 11.5 Å². The normalized spacial score (nSPS) is 20.4. The lowest BCUT2D eigenvalue weighted by Crippen LogP contribution is -2.33. The van der Waals surface area contributed by atoms with Crippen LogP contribution in [-0.4, -0.2) is 65.5 Å². The van der Waals surface area contributed by atoms with Crippen molar-refractivity contribution in [2.45, 2.75) is 59.1 Å². The highest BCUT2D eigenvalue weighted by Crippen LogP contribution is 2.41. The average molecular weight is 507 g/mol. The van der Waals surface area contributed by atoms with Crippen molar-refractivity contribution in [2.75, 3.05) is 32.8 Å². The van der Waals surface area contributed by atoms with Crippen LogP contribution in [0, 0.1) is 0 Å². The number of fused-ring (bicyclic) bond motifs is 1. The second-order valence-corrected chi connectivity index (χ2v) is 9.75. The fourth-order valence-electron chi connectivity index (χ4n) is 5.18. The molecule has 0 radical (unpaired) electrons. The topological polar surface area (TPSA) is 79.3 Å². The van der Waals surface area contributed by atoms with E-state index in [-0.39, 0.29) is 17.4 Å². The van der Waals surface area contributed by atoms with Crippen LogP contribution in [0.5, 0.6) is 11.5 Å². The van der Waals surface area contributed by atoms with E-state index in [1.54, 1.807) is 11.0 Å². The van der Waals surface area contributed by atoms with Crippen LogP contribution in [-0.2, 0) is 16.0 Å². The third-order valence-corrected chi connectivity index (χ3v) is 7.12. The molecule has 2 heterocycles. The van der Waals surface area contributed by atoms with E-state index in [1.807, 2.05) is 50.2 Å². The molecule has 1 saturated heterocycles. The minimum absolute atomic E-state index is 0.0645. The van der Waals surface area contributed by atoms with E-state index in [0.717, 1.165) is 55.8 Å². The Bertz CT molecular complexity index is 1170. The van der Waals surface area contributed by atoms with E-state index >= 15 is 0 Å². The molecule has 2 atom stereocenters. The third-order valence-electron chi connectivity index (χ3n) is 7.12. The minimum atomic E-state index is -0.690. The van der Waals surface area contributed by atoms with Gasteiger partial charge in [0.1, 0.15) is 23.4 Å². The fraction of sp³-hybridized carbons (Fsp3) is 0.467. The van der Waals surface area contributed by atoms with Gasteiger partial charge in [0.25, 0.3) is 11.7 Å². The zero-order valence-electron chi connectivity index (χ0n) is 22.3. The van der Waals surface area contributed by atoms with Gasteiger partial charge in [-0.1, -0.05) is 32.9 Å². The molecule has 2 aliphatic heterocycles. The number of likely N-dealkylation sites (tertiary alicyclic amines) is 1. The summed E-state index contributed by atoms with van der Waals surface area (Å²) in [7, 11) is 0. The number of ketones is 1. The largest absolute Gasteiger partial charge is 0.507 e. The molecule has 0 aromatic heterocycles. The highest BCUT2D eigenvalue weighted by atomic mass is 16.5. The van der Waals surface area contributed by atoms with Crippen molar-refractivity contribution < 1.29 is 24.2 Å². The standard InChI is InChI=1S/C30H38N2O5/c1-5-16-36-24-11-8-10-21(19-24)27-26(28(33)22-12-13-25-23(18-22)17-20(4)37-25)29(34)30(35)32(27)15-9-14-31(6-2)7-3/h8,10-13,18-20,27,33H,5-7,9,14-17H2,1-4H3/b28-26+/t20-,27-/m0/s1. The maximum absolute atomic E-state index is 13.4. The molecule has 198 valence electrons. The number of aliphatic hydroxyl groups is 1. The van der Waals surface area contributed by atoms with E-state index in [0.29, 0.717) is 24.5 Å². The second kappa shape index (κ2) is 11.8. The highest BCUT2D eigenvalue weighted by Gasteiger charge is 2.46. The van der Waals surface area contributed by atoms with E-state index in [1.165, 1.54) is 0 Å². The molecule has 1 N–H and O–H groups in total. The van der Waals surface area contributed by atoms with Gasteiger partial charge in [-0.05, 0) is 80.9 Å². The van der Waals surface area contributed by atoms with Gasteiger partial charge in [0.2, 0.25) is 0 Å². The predicted octanol–water partition coefficient (Wildman–Crippen LogP) is 4.95. The van der Waals surface area contributed by atoms with Crippen molar-refractivity contribution in [1.82, 2.24) is 9.80 Å². The van der Waals surface area contributed by atoms with E-state index in [9.17, 15) is 14.7 Å². The Morgan fingerprint density at radius 1 is 1.14 bits per heavy atom. The van der Waals surface area contributed by atoms with Gasteiger partial charge in [-0.25, -0.2) is 0 Å². The summed E-state index contributed by atoms with van der Waals surface area (Å²) < 4.78 is 11.6. The number of Topliss-reactive ketones (excluding diaryl/α,β-unsaturated/α-hetero) is 1. The molecule has 0 unspecified atom stereocenters.